The first kappa shape index (κ1) is 11.7. The highest BCUT2D eigenvalue weighted by molar-refractivity contribution is 9.10. The molecular formula is C17H11BrN2. The fourth-order valence-corrected chi connectivity index (χ4v) is 3.09. The first-order valence-electron chi connectivity index (χ1n) is 6.45. The molecule has 0 aliphatic carbocycles. The van der Waals surface area contributed by atoms with Crippen LogP contribution >= 0.6 is 15.9 Å². The molecule has 0 saturated carbocycles. The number of hydrogen-bond acceptors (Lipinski definition) is 1. The van der Waals surface area contributed by atoms with Gasteiger partial charge in [-0.25, -0.2) is 4.52 Å². The minimum absolute atomic E-state index is 1.09. The van der Waals surface area contributed by atoms with Crippen molar-refractivity contribution in [1.29, 1.82) is 0 Å². The zero-order chi connectivity index (χ0) is 13.5. The Morgan fingerprint density at radius 3 is 2.45 bits per heavy atom. The molecule has 2 aromatic carbocycles. The molecule has 4 aromatic rings. The van der Waals surface area contributed by atoms with Crippen LogP contribution in [0.3, 0.4) is 0 Å². The van der Waals surface area contributed by atoms with Gasteiger partial charge in [0, 0.05) is 15.4 Å². The molecule has 2 aromatic heterocycles. The highest BCUT2D eigenvalue weighted by Crippen LogP contribution is 2.32. The molecule has 4 rings (SSSR count). The minimum atomic E-state index is 1.09. The van der Waals surface area contributed by atoms with Gasteiger partial charge < -0.3 is 0 Å². The van der Waals surface area contributed by atoms with E-state index >= 15 is 0 Å². The molecule has 3 heteroatoms. The average molecular weight is 323 g/mol. The lowest BCUT2D eigenvalue weighted by molar-refractivity contribution is 1.00. The Balaban J connectivity index is 2.08. The number of hydrogen-bond donors (Lipinski definition) is 0. The SMILES string of the molecule is Brc1ccccc1-c1cnn2c1ccc1ccccc12. The van der Waals surface area contributed by atoms with E-state index in [4.69, 9.17) is 0 Å². The molecule has 20 heavy (non-hydrogen) atoms. The summed E-state index contributed by atoms with van der Waals surface area (Å²) in [7, 11) is 0. The number of benzene rings is 2. The van der Waals surface area contributed by atoms with Gasteiger partial charge in [-0.1, -0.05) is 58.4 Å². The largest absolute Gasteiger partial charge is 0.232 e. The van der Waals surface area contributed by atoms with Gasteiger partial charge in [-0.3, -0.25) is 0 Å². The molecule has 0 fully saturated rings. The van der Waals surface area contributed by atoms with Gasteiger partial charge in [0.05, 0.1) is 17.2 Å². The van der Waals surface area contributed by atoms with E-state index in [-0.39, 0.29) is 0 Å². The molecule has 0 atom stereocenters. The molecule has 0 spiro atoms. The van der Waals surface area contributed by atoms with Crippen molar-refractivity contribution in [2.24, 2.45) is 0 Å². The molecule has 2 heterocycles. The number of aromatic nitrogens is 2. The van der Waals surface area contributed by atoms with E-state index in [0.29, 0.717) is 0 Å². The molecule has 0 aliphatic heterocycles. The molecule has 0 amide bonds. The summed E-state index contributed by atoms with van der Waals surface area (Å²) in [5.41, 5.74) is 4.56. The van der Waals surface area contributed by atoms with Gasteiger partial charge in [-0.05, 0) is 23.8 Å². The van der Waals surface area contributed by atoms with Crippen molar-refractivity contribution in [1.82, 2.24) is 9.61 Å². The highest BCUT2D eigenvalue weighted by Gasteiger charge is 2.10. The van der Waals surface area contributed by atoms with E-state index < -0.39 is 0 Å². The Bertz CT molecular complexity index is 924. The topological polar surface area (TPSA) is 17.3 Å². The second-order valence-electron chi connectivity index (χ2n) is 4.73. The van der Waals surface area contributed by atoms with Gasteiger partial charge in [-0.15, -0.1) is 0 Å². The normalized spacial score (nSPS) is 11.2. The molecule has 0 aliphatic rings. The number of halogens is 1. The number of para-hydroxylation sites is 1. The van der Waals surface area contributed by atoms with E-state index in [1.54, 1.807) is 0 Å². The van der Waals surface area contributed by atoms with Crippen molar-refractivity contribution < 1.29 is 0 Å². The van der Waals surface area contributed by atoms with E-state index in [1.807, 2.05) is 35.0 Å². The van der Waals surface area contributed by atoms with Crippen molar-refractivity contribution >= 4 is 32.3 Å². The first-order valence-corrected chi connectivity index (χ1v) is 7.24. The number of rotatable bonds is 1. The van der Waals surface area contributed by atoms with Crippen LogP contribution in [0.15, 0.2) is 71.3 Å². The van der Waals surface area contributed by atoms with Crippen LogP contribution in [0.2, 0.25) is 0 Å². The third-order valence-corrected chi connectivity index (χ3v) is 4.25. The number of pyridine rings is 1. The van der Waals surface area contributed by atoms with Crippen LogP contribution in [-0.4, -0.2) is 9.61 Å². The van der Waals surface area contributed by atoms with Crippen molar-refractivity contribution in [3.05, 3.63) is 71.3 Å². The van der Waals surface area contributed by atoms with Gasteiger partial charge in [0.25, 0.3) is 0 Å². The van der Waals surface area contributed by atoms with Crippen LogP contribution < -0.4 is 0 Å². The maximum Gasteiger partial charge on any atom is 0.0748 e. The van der Waals surface area contributed by atoms with Crippen molar-refractivity contribution in [2.75, 3.05) is 0 Å². The fourth-order valence-electron chi connectivity index (χ4n) is 2.59. The smallest absolute Gasteiger partial charge is 0.0748 e. The van der Waals surface area contributed by atoms with Crippen molar-refractivity contribution in [3.8, 4) is 11.1 Å². The lowest BCUT2D eigenvalue weighted by atomic mass is 10.1. The van der Waals surface area contributed by atoms with Gasteiger partial charge in [0.2, 0.25) is 0 Å². The van der Waals surface area contributed by atoms with Crippen LogP contribution in [0.4, 0.5) is 0 Å². The second kappa shape index (κ2) is 4.46. The Hall–Kier alpha value is -2.13. The molecule has 0 unspecified atom stereocenters. The summed E-state index contributed by atoms with van der Waals surface area (Å²) in [5.74, 6) is 0. The second-order valence-corrected chi connectivity index (χ2v) is 5.58. The third kappa shape index (κ3) is 1.67. The third-order valence-electron chi connectivity index (χ3n) is 3.56. The molecule has 0 bridgehead atoms. The minimum Gasteiger partial charge on any atom is -0.232 e. The summed E-state index contributed by atoms with van der Waals surface area (Å²) < 4.78 is 3.09. The lowest BCUT2D eigenvalue weighted by Crippen LogP contribution is -1.89. The zero-order valence-corrected chi connectivity index (χ0v) is 12.2. The van der Waals surface area contributed by atoms with Gasteiger partial charge in [0.1, 0.15) is 0 Å². The molecule has 0 radical (unpaired) electrons. The van der Waals surface area contributed by atoms with Crippen LogP contribution in [-0.2, 0) is 0 Å². The summed E-state index contributed by atoms with van der Waals surface area (Å²) in [6.45, 7) is 0. The molecule has 96 valence electrons. The van der Waals surface area contributed by atoms with Crippen molar-refractivity contribution in [3.63, 3.8) is 0 Å². The predicted molar refractivity (Wildman–Crippen MR) is 85.8 cm³/mol. The fraction of sp³-hybridized carbons (Fsp3) is 0. The van der Waals surface area contributed by atoms with Gasteiger partial charge >= 0.3 is 0 Å². The lowest BCUT2D eigenvalue weighted by Gasteiger charge is -2.04. The van der Waals surface area contributed by atoms with E-state index in [1.165, 1.54) is 5.39 Å². The predicted octanol–water partition coefficient (Wildman–Crippen LogP) is 4.92. The average Bonchev–Trinajstić information content (AvgIpc) is 2.92. The summed E-state index contributed by atoms with van der Waals surface area (Å²) in [6, 6.07) is 20.8. The van der Waals surface area contributed by atoms with Gasteiger partial charge in [0.15, 0.2) is 0 Å². The molecule has 2 nitrogen and oxygen atoms in total. The van der Waals surface area contributed by atoms with E-state index in [0.717, 1.165) is 26.6 Å². The zero-order valence-electron chi connectivity index (χ0n) is 10.6. The maximum absolute atomic E-state index is 4.56. The highest BCUT2D eigenvalue weighted by atomic mass is 79.9. The summed E-state index contributed by atoms with van der Waals surface area (Å²) in [4.78, 5) is 0. The standard InChI is InChI=1S/C17H11BrN2/c18-15-7-3-2-6-13(15)14-11-19-20-16-8-4-1-5-12(16)9-10-17(14)20/h1-11H. The Kier molecular flexibility index (Phi) is 2.60. The molecule has 0 N–H and O–H groups in total. The van der Waals surface area contributed by atoms with E-state index in [9.17, 15) is 0 Å². The summed E-state index contributed by atoms with van der Waals surface area (Å²) in [5, 5.41) is 5.76. The Morgan fingerprint density at radius 1 is 0.750 bits per heavy atom. The number of fused-ring (bicyclic) bond motifs is 3. The van der Waals surface area contributed by atoms with Crippen molar-refractivity contribution in [2.45, 2.75) is 0 Å². The van der Waals surface area contributed by atoms with Crippen LogP contribution in [0.25, 0.3) is 27.5 Å². The Labute approximate surface area is 124 Å². The van der Waals surface area contributed by atoms with Crippen LogP contribution in [0.1, 0.15) is 0 Å². The van der Waals surface area contributed by atoms with Crippen LogP contribution in [0, 0.1) is 0 Å². The Morgan fingerprint density at radius 2 is 1.55 bits per heavy atom. The molecule has 0 saturated heterocycles. The van der Waals surface area contributed by atoms with E-state index in [2.05, 4.69) is 57.4 Å². The number of nitrogens with zero attached hydrogens (tertiary/aromatic N) is 2. The maximum atomic E-state index is 4.56. The first-order chi connectivity index (χ1) is 9.84. The van der Waals surface area contributed by atoms with Gasteiger partial charge in [-0.2, -0.15) is 5.10 Å². The van der Waals surface area contributed by atoms with Crippen LogP contribution in [0.5, 0.6) is 0 Å². The quantitative estimate of drug-likeness (QED) is 0.486. The summed E-state index contributed by atoms with van der Waals surface area (Å²) in [6.07, 6.45) is 1.93. The monoisotopic (exact) mass is 322 g/mol. The summed E-state index contributed by atoms with van der Waals surface area (Å²) >= 11 is 3.62. The molecular weight excluding hydrogens is 312 g/mol.